The van der Waals surface area contributed by atoms with E-state index in [4.69, 9.17) is 4.99 Å². The number of aliphatic hydroxyl groups is 1. The average Bonchev–Trinajstić information content (AvgIpc) is 2.80. The summed E-state index contributed by atoms with van der Waals surface area (Å²) < 4.78 is 0. The van der Waals surface area contributed by atoms with E-state index >= 15 is 0 Å². The van der Waals surface area contributed by atoms with Crippen LogP contribution in [0.5, 0.6) is 5.75 Å². The van der Waals surface area contributed by atoms with Crippen molar-refractivity contribution in [3.63, 3.8) is 0 Å². The number of aliphatic imine (C=N–C) groups is 2. The highest BCUT2D eigenvalue weighted by Crippen LogP contribution is 2.33. The SMILES string of the molecule is CC(O)=CC=CN=C(C)C(C)=Nc1c(Cc2ccccc2)cc(O)cc1Cc1ccccc1. The number of hydrogen-bond acceptors (Lipinski definition) is 4. The van der Waals surface area contributed by atoms with Crippen LogP contribution < -0.4 is 0 Å². The summed E-state index contributed by atoms with van der Waals surface area (Å²) in [5.74, 6) is 0.465. The van der Waals surface area contributed by atoms with E-state index in [0.717, 1.165) is 39.4 Å². The summed E-state index contributed by atoms with van der Waals surface area (Å²) in [6.45, 7) is 5.46. The van der Waals surface area contributed by atoms with Crippen molar-refractivity contribution in [1.82, 2.24) is 0 Å². The van der Waals surface area contributed by atoms with E-state index in [1.807, 2.05) is 50.2 Å². The van der Waals surface area contributed by atoms with Crippen molar-refractivity contribution in [1.29, 1.82) is 0 Å². The van der Waals surface area contributed by atoms with Crippen molar-refractivity contribution >= 4 is 17.1 Å². The third kappa shape index (κ3) is 7.32. The molecular weight excluding hydrogens is 408 g/mol. The summed E-state index contributed by atoms with van der Waals surface area (Å²) in [4.78, 5) is 9.42. The van der Waals surface area contributed by atoms with Crippen LogP contribution in [0.3, 0.4) is 0 Å². The molecule has 0 aromatic heterocycles. The van der Waals surface area contributed by atoms with Gasteiger partial charge in [0.2, 0.25) is 0 Å². The third-order valence-electron chi connectivity index (χ3n) is 5.22. The van der Waals surface area contributed by atoms with Gasteiger partial charge < -0.3 is 10.2 Å². The first-order chi connectivity index (χ1) is 15.9. The van der Waals surface area contributed by atoms with E-state index in [-0.39, 0.29) is 11.5 Å². The molecule has 4 heteroatoms. The quantitative estimate of drug-likeness (QED) is 0.224. The average molecular weight is 439 g/mol. The van der Waals surface area contributed by atoms with E-state index in [0.29, 0.717) is 12.8 Å². The minimum Gasteiger partial charge on any atom is -0.513 e. The maximum atomic E-state index is 10.5. The molecule has 0 saturated heterocycles. The molecule has 0 bridgehead atoms. The number of aliphatic hydroxyl groups excluding tert-OH is 1. The molecule has 0 atom stereocenters. The minimum absolute atomic E-state index is 0.227. The van der Waals surface area contributed by atoms with Crippen LogP contribution in [0.1, 0.15) is 43.0 Å². The molecule has 2 N–H and O–H groups in total. The van der Waals surface area contributed by atoms with Crippen molar-refractivity contribution in [2.24, 2.45) is 9.98 Å². The van der Waals surface area contributed by atoms with Crippen LogP contribution in [-0.2, 0) is 12.8 Å². The lowest BCUT2D eigenvalue weighted by Crippen LogP contribution is -2.06. The van der Waals surface area contributed by atoms with Gasteiger partial charge in [0, 0.05) is 6.20 Å². The number of aromatic hydroxyl groups is 1. The highest BCUT2D eigenvalue weighted by Gasteiger charge is 2.13. The standard InChI is InChI=1S/C29H30N2O2/c1-21(32)11-10-16-30-22(2)23(3)31-29-26(17-24-12-6-4-7-13-24)19-28(33)20-27(29)18-25-14-8-5-9-15-25/h4-16,19-20,32-33H,17-18H2,1-3H3. The first-order valence-electron chi connectivity index (χ1n) is 11.0. The molecule has 3 aromatic rings. The molecule has 3 aromatic carbocycles. The molecule has 0 saturated carbocycles. The molecule has 0 spiro atoms. The first-order valence-corrected chi connectivity index (χ1v) is 11.0. The van der Waals surface area contributed by atoms with Gasteiger partial charge in [0.25, 0.3) is 0 Å². The second-order valence-electron chi connectivity index (χ2n) is 8.00. The van der Waals surface area contributed by atoms with Gasteiger partial charge in [0.05, 0.1) is 22.9 Å². The Morgan fingerprint density at radius 2 is 1.30 bits per heavy atom. The Bertz CT molecular complexity index is 1120. The topological polar surface area (TPSA) is 65.2 Å². The number of nitrogens with zero attached hydrogens (tertiary/aromatic N) is 2. The lowest BCUT2D eigenvalue weighted by atomic mass is 9.96. The fourth-order valence-corrected chi connectivity index (χ4v) is 3.47. The van der Waals surface area contributed by atoms with E-state index in [9.17, 15) is 10.2 Å². The Labute approximate surface area is 196 Å². The van der Waals surface area contributed by atoms with Crippen LogP contribution in [0.25, 0.3) is 0 Å². The van der Waals surface area contributed by atoms with Crippen molar-refractivity contribution < 1.29 is 10.2 Å². The molecule has 0 fully saturated rings. The molecule has 168 valence electrons. The number of phenolic OH excluding ortho intramolecular Hbond substituents is 1. The van der Waals surface area contributed by atoms with Crippen LogP contribution in [0.2, 0.25) is 0 Å². The second-order valence-corrected chi connectivity index (χ2v) is 8.00. The Balaban J connectivity index is 2.05. The first kappa shape index (κ1) is 23.7. The van der Waals surface area contributed by atoms with Crippen LogP contribution >= 0.6 is 0 Å². The van der Waals surface area contributed by atoms with Crippen molar-refractivity contribution in [2.75, 3.05) is 0 Å². The zero-order chi connectivity index (χ0) is 23.6. The lowest BCUT2D eigenvalue weighted by Gasteiger charge is -2.14. The van der Waals surface area contributed by atoms with Gasteiger partial charge in [-0.25, -0.2) is 0 Å². The zero-order valence-electron chi connectivity index (χ0n) is 19.4. The van der Waals surface area contributed by atoms with Gasteiger partial charge in [0.1, 0.15) is 5.75 Å². The van der Waals surface area contributed by atoms with Gasteiger partial charge in [0.15, 0.2) is 0 Å². The van der Waals surface area contributed by atoms with Crippen molar-refractivity contribution in [3.05, 3.63) is 119 Å². The Hall–Kier alpha value is -3.92. The molecule has 0 aliphatic rings. The van der Waals surface area contributed by atoms with Gasteiger partial charge in [-0.3, -0.25) is 9.98 Å². The van der Waals surface area contributed by atoms with Crippen molar-refractivity contribution in [2.45, 2.75) is 33.6 Å². The molecule has 0 aliphatic heterocycles. The van der Waals surface area contributed by atoms with E-state index in [1.54, 1.807) is 37.4 Å². The molecule has 0 radical (unpaired) electrons. The number of benzene rings is 3. The van der Waals surface area contributed by atoms with Gasteiger partial charge >= 0.3 is 0 Å². The Morgan fingerprint density at radius 3 is 1.79 bits per heavy atom. The molecule has 0 heterocycles. The largest absolute Gasteiger partial charge is 0.513 e. The van der Waals surface area contributed by atoms with Crippen LogP contribution in [0.4, 0.5) is 5.69 Å². The highest BCUT2D eigenvalue weighted by atomic mass is 16.3. The van der Waals surface area contributed by atoms with E-state index in [2.05, 4.69) is 29.3 Å². The van der Waals surface area contributed by atoms with Gasteiger partial charge in [-0.2, -0.15) is 0 Å². The predicted octanol–water partition coefficient (Wildman–Crippen LogP) is 7.10. The molecule has 33 heavy (non-hydrogen) atoms. The summed E-state index contributed by atoms with van der Waals surface area (Å²) in [7, 11) is 0. The molecule has 3 rings (SSSR count). The normalized spacial score (nSPS) is 13.0. The summed E-state index contributed by atoms with van der Waals surface area (Å²) in [6, 6.07) is 24.0. The third-order valence-corrected chi connectivity index (χ3v) is 5.22. The Kier molecular flexibility index (Phi) is 8.36. The van der Waals surface area contributed by atoms with Gasteiger partial charge in [-0.05, 0) is 80.2 Å². The molecule has 0 unspecified atom stereocenters. The van der Waals surface area contributed by atoms with Crippen LogP contribution in [0.15, 0.2) is 107 Å². The molecular formula is C29H30N2O2. The lowest BCUT2D eigenvalue weighted by molar-refractivity contribution is 0.414. The smallest absolute Gasteiger partial charge is 0.116 e. The number of rotatable bonds is 8. The van der Waals surface area contributed by atoms with Crippen LogP contribution in [0, 0.1) is 0 Å². The van der Waals surface area contributed by atoms with E-state index < -0.39 is 0 Å². The summed E-state index contributed by atoms with van der Waals surface area (Å²) in [5, 5.41) is 19.8. The zero-order valence-corrected chi connectivity index (χ0v) is 19.4. The molecule has 0 amide bonds. The van der Waals surface area contributed by atoms with E-state index in [1.165, 1.54) is 0 Å². The predicted molar refractivity (Wildman–Crippen MR) is 138 cm³/mol. The monoisotopic (exact) mass is 438 g/mol. The molecule has 4 nitrogen and oxygen atoms in total. The summed E-state index contributed by atoms with van der Waals surface area (Å²) in [5.41, 5.74) is 6.67. The number of hydrogen-bond donors (Lipinski definition) is 2. The summed E-state index contributed by atoms with van der Waals surface area (Å²) >= 11 is 0. The maximum Gasteiger partial charge on any atom is 0.116 e. The van der Waals surface area contributed by atoms with Gasteiger partial charge in [-0.1, -0.05) is 60.7 Å². The number of allylic oxidation sites excluding steroid dienone is 3. The second kappa shape index (κ2) is 11.6. The summed E-state index contributed by atoms with van der Waals surface area (Å²) in [6.07, 6.45) is 6.24. The van der Waals surface area contributed by atoms with Crippen molar-refractivity contribution in [3.8, 4) is 5.75 Å². The minimum atomic E-state index is 0.227. The highest BCUT2D eigenvalue weighted by molar-refractivity contribution is 6.41. The fourth-order valence-electron chi connectivity index (χ4n) is 3.47. The van der Waals surface area contributed by atoms with Crippen LogP contribution in [-0.4, -0.2) is 21.6 Å². The fraction of sp³-hybridized carbons (Fsp3) is 0.172. The Morgan fingerprint density at radius 1 is 0.788 bits per heavy atom. The molecule has 0 aliphatic carbocycles. The maximum absolute atomic E-state index is 10.5. The number of phenols is 1. The van der Waals surface area contributed by atoms with Gasteiger partial charge in [-0.15, -0.1) is 0 Å².